The zero-order valence-electron chi connectivity index (χ0n) is 21.1. The molecule has 1 saturated carbocycles. The van der Waals surface area contributed by atoms with Gasteiger partial charge in [-0.1, -0.05) is 74.8 Å². The number of nitrogens with zero attached hydrogens (tertiary/aromatic N) is 1. The van der Waals surface area contributed by atoms with E-state index in [2.05, 4.69) is 19.2 Å². The van der Waals surface area contributed by atoms with Crippen molar-refractivity contribution in [1.29, 1.82) is 0 Å². The molecule has 6 heteroatoms. The van der Waals surface area contributed by atoms with Crippen molar-refractivity contribution in [3.63, 3.8) is 0 Å². The van der Waals surface area contributed by atoms with E-state index in [4.69, 9.17) is 0 Å². The van der Waals surface area contributed by atoms with Crippen molar-refractivity contribution in [1.82, 2.24) is 5.32 Å². The predicted octanol–water partition coefficient (Wildman–Crippen LogP) is 7.06. The fourth-order valence-corrected chi connectivity index (χ4v) is 6.17. The molecule has 4 nitrogen and oxygen atoms in total. The highest BCUT2D eigenvalue weighted by molar-refractivity contribution is 8.04. The number of amides is 2. The van der Waals surface area contributed by atoms with E-state index < -0.39 is 0 Å². The lowest BCUT2D eigenvalue weighted by atomic mass is 9.78. The highest BCUT2D eigenvalue weighted by Gasteiger charge is 2.30. The van der Waals surface area contributed by atoms with Gasteiger partial charge in [-0.15, -0.1) is 0 Å². The van der Waals surface area contributed by atoms with E-state index >= 15 is 0 Å². The molecule has 3 atom stereocenters. The summed E-state index contributed by atoms with van der Waals surface area (Å²) in [4.78, 5) is 29.7. The fourth-order valence-electron chi connectivity index (χ4n) is 5.11. The van der Waals surface area contributed by atoms with Gasteiger partial charge in [0, 0.05) is 16.5 Å². The minimum Gasteiger partial charge on any atom is -0.349 e. The van der Waals surface area contributed by atoms with Gasteiger partial charge in [0.1, 0.15) is 5.82 Å². The summed E-state index contributed by atoms with van der Waals surface area (Å²) in [6, 6.07) is 21.6. The van der Waals surface area contributed by atoms with E-state index in [-0.39, 0.29) is 23.7 Å². The van der Waals surface area contributed by atoms with E-state index in [1.54, 1.807) is 17.0 Å². The molecular weight excluding hydrogens is 483 g/mol. The monoisotopic (exact) mass is 514 g/mol. The number of nitrogens with one attached hydrogen (secondary N) is 1. The maximum Gasteiger partial charge on any atom is 0.265 e. The number of hydrogen-bond donors (Lipinski definition) is 1. The average molecular weight is 515 g/mol. The molecule has 5 rings (SSSR count). The Labute approximate surface area is 222 Å². The number of anilines is 1. The quantitative estimate of drug-likeness (QED) is 0.371. The number of rotatable bonds is 5. The molecule has 0 radical (unpaired) electrons. The second-order valence-corrected chi connectivity index (χ2v) is 11.1. The Balaban J connectivity index is 1.34. The summed E-state index contributed by atoms with van der Waals surface area (Å²) in [6.07, 6.45) is 5.26. The van der Waals surface area contributed by atoms with Crippen LogP contribution < -0.4 is 10.2 Å². The Morgan fingerprint density at radius 1 is 1.03 bits per heavy atom. The summed E-state index contributed by atoms with van der Waals surface area (Å²) >= 11 is 1.44. The molecule has 3 aromatic rings. The second-order valence-electron chi connectivity index (χ2n) is 10.1. The summed E-state index contributed by atoms with van der Waals surface area (Å²) in [7, 11) is 0. The van der Waals surface area contributed by atoms with Crippen molar-refractivity contribution in [2.24, 2.45) is 11.8 Å². The number of halogens is 1. The molecule has 0 aromatic heterocycles. The van der Waals surface area contributed by atoms with Gasteiger partial charge >= 0.3 is 0 Å². The number of hydrogen-bond acceptors (Lipinski definition) is 3. The standard InChI is InChI=1S/C31H31FN2O2S/c1-20-6-5-7-26(21(20)2)33-30(35)24-14-10-22(11-15-24)18-29-31(36)34(19-23-12-16-25(32)17-13-23)27-8-3-4-9-28(27)37-29/h3-4,8-18,20-21,26H,5-7,19H2,1-2H3,(H,33,35)/b29-18-/t20-,21-,26-/m1/s1. The predicted molar refractivity (Wildman–Crippen MR) is 148 cm³/mol. The van der Waals surface area contributed by atoms with Crippen molar-refractivity contribution >= 4 is 35.3 Å². The zero-order chi connectivity index (χ0) is 25.9. The molecule has 1 heterocycles. The van der Waals surface area contributed by atoms with Crippen LogP contribution in [0.25, 0.3) is 6.08 Å². The summed E-state index contributed by atoms with van der Waals surface area (Å²) in [5.41, 5.74) is 3.18. The van der Waals surface area contributed by atoms with Crippen molar-refractivity contribution in [2.45, 2.75) is 50.6 Å². The van der Waals surface area contributed by atoms with E-state index in [0.717, 1.165) is 34.6 Å². The second kappa shape index (κ2) is 10.9. The first-order valence-electron chi connectivity index (χ1n) is 12.8. The van der Waals surface area contributed by atoms with Crippen molar-refractivity contribution < 1.29 is 14.0 Å². The third-order valence-corrected chi connectivity index (χ3v) is 8.66. The van der Waals surface area contributed by atoms with Gasteiger partial charge in [-0.05, 0) is 71.9 Å². The van der Waals surface area contributed by atoms with Crippen molar-refractivity contribution in [2.75, 3.05) is 4.90 Å². The Morgan fingerprint density at radius 3 is 2.51 bits per heavy atom. The number of benzene rings is 3. The molecule has 1 aliphatic carbocycles. The van der Waals surface area contributed by atoms with Gasteiger partial charge in [0.25, 0.3) is 11.8 Å². The first-order valence-corrected chi connectivity index (χ1v) is 13.7. The Kier molecular flexibility index (Phi) is 7.47. The van der Waals surface area contributed by atoms with Crippen LogP contribution in [-0.2, 0) is 11.3 Å². The molecule has 0 bridgehead atoms. The van der Waals surface area contributed by atoms with Gasteiger partial charge in [0.15, 0.2) is 0 Å². The first-order chi connectivity index (χ1) is 17.9. The van der Waals surface area contributed by atoms with Crippen LogP contribution in [0.4, 0.5) is 10.1 Å². The van der Waals surface area contributed by atoms with Gasteiger partial charge in [-0.25, -0.2) is 4.39 Å². The Bertz CT molecular complexity index is 1320. The first kappa shape index (κ1) is 25.3. The molecule has 1 fully saturated rings. The Morgan fingerprint density at radius 2 is 1.76 bits per heavy atom. The average Bonchev–Trinajstić information content (AvgIpc) is 2.90. The summed E-state index contributed by atoms with van der Waals surface area (Å²) in [5.74, 6) is 0.635. The normalized spacial score (nSPS) is 22.6. The van der Waals surface area contributed by atoms with E-state index in [9.17, 15) is 14.0 Å². The van der Waals surface area contributed by atoms with Gasteiger partial charge in [0.2, 0.25) is 0 Å². The lowest BCUT2D eigenvalue weighted by Crippen LogP contribution is -2.43. The number of carbonyl (C=O) groups excluding carboxylic acids is 2. The van der Waals surface area contributed by atoms with Gasteiger partial charge in [-0.3, -0.25) is 9.59 Å². The van der Waals surface area contributed by atoms with Crippen LogP contribution in [0, 0.1) is 17.7 Å². The van der Waals surface area contributed by atoms with E-state index in [1.165, 1.54) is 30.3 Å². The maximum atomic E-state index is 13.5. The molecule has 2 amide bonds. The van der Waals surface area contributed by atoms with Gasteiger partial charge in [-0.2, -0.15) is 0 Å². The molecule has 1 aliphatic heterocycles. The molecule has 190 valence electrons. The number of fused-ring (bicyclic) bond motifs is 1. The number of para-hydroxylation sites is 1. The fraction of sp³-hybridized carbons (Fsp3) is 0.290. The van der Waals surface area contributed by atoms with Gasteiger partial charge < -0.3 is 10.2 Å². The van der Waals surface area contributed by atoms with Crippen LogP contribution in [0.3, 0.4) is 0 Å². The van der Waals surface area contributed by atoms with Crippen LogP contribution in [0.2, 0.25) is 0 Å². The molecule has 3 aromatic carbocycles. The third-order valence-electron chi connectivity index (χ3n) is 7.58. The largest absolute Gasteiger partial charge is 0.349 e. The van der Waals surface area contributed by atoms with Crippen molar-refractivity contribution in [3.8, 4) is 0 Å². The minimum atomic E-state index is -0.301. The lowest BCUT2D eigenvalue weighted by Gasteiger charge is -2.34. The number of carbonyl (C=O) groups is 2. The highest BCUT2D eigenvalue weighted by atomic mass is 32.2. The molecule has 0 spiro atoms. The summed E-state index contributed by atoms with van der Waals surface area (Å²) in [5, 5.41) is 3.22. The third kappa shape index (κ3) is 5.64. The van der Waals surface area contributed by atoms with E-state index in [0.29, 0.717) is 28.8 Å². The van der Waals surface area contributed by atoms with Crippen molar-refractivity contribution in [3.05, 3.63) is 100 Å². The Hall–Kier alpha value is -3.38. The van der Waals surface area contributed by atoms with Crippen LogP contribution >= 0.6 is 11.8 Å². The molecule has 2 aliphatic rings. The van der Waals surface area contributed by atoms with Gasteiger partial charge in [0.05, 0.1) is 17.1 Å². The van der Waals surface area contributed by atoms with Crippen LogP contribution in [0.15, 0.2) is 82.6 Å². The summed E-state index contributed by atoms with van der Waals surface area (Å²) in [6.45, 7) is 4.83. The number of thioether (sulfide) groups is 1. The van der Waals surface area contributed by atoms with Crippen LogP contribution in [-0.4, -0.2) is 17.9 Å². The van der Waals surface area contributed by atoms with Crippen LogP contribution in [0.5, 0.6) is 0 Å². The topological polar surface area (TPSA) is 49.4 Å². The molecule has 1 N–H and O–H groups in total. The minimum absolute atomic E-state index is 0.0485. The highest BCUT2D eigenvalue weighted by Crippen LogP contribution is 2.42. The molecule has 0 saturated heterocycles. The van der Waals surface area contributed by atoms with E-state index in [1.807, 2.05) is 54.6 Å². The SMILES string of the molecule is C[C@@H]1[C@H](C)CCC[C@H]1NC(=O)c1ccc(/C=C2\Sc3ccccc3N(Cc3ccc(F)cc3)C2=O)cc1. The zero-order valence-corrected chi connectivity index (χ0v) is 21.9. The molecular formula is C31H31FN2O2S. The maximum absolute atomic E-state index is 13.5. The molecule has 0 unspecified atom stereocenters. The smallest absolute Gasteiger partial charge is 0.265 e. The summed E-state index contributed by atoms with van der Waals surface area (Å²) < 4.78 is 13.4. The molecule has 37 heavy (non-hydrogen) atoms. The van der Waals surface area contributed by atoms with Crippen LogP contribution in [0.1, 0.15) is 54.6 Å². The lowest BCUT2D eigenvalue weighted by molar-refractivity contribution is -0.114.